The van der Waals surface area contributed by atoms with Crippen molar-refractivity contribution in [3.8, 4) is 0 Å². The van der Waals surface area contributed by atoms with Gasteiger partial charge in [-0.15, -0.1) is 0 Å². The number of aromatic nitrogens is 1. The summed E-state index contributed by atoms with van der Waals surface area (Å²) in [6, 6.07) is 9.07. The van der Waals surface area contributed by atoms with Crippen LogP contribution in [0.15, 0.2) is 35.1 Å². The van der Waals surface area contributed by atoms with E-state index in [0.29, 0.717) is 19.3 Å². The molecule has 5 nitrogen and oxygen atoms in total. The van der Waals surface area contributed by atoms with Crippen LogP contribution in [0.25, 0.3) is 10.9 Å². The summed E-state index contributed by atoms with van der Waals surface area (Å²) in [5.74, 6) is -0.334. The van der Waals surface area contributed by atoms with Gasteiger partial charge in [-0.05, 0) is 36.8 Å². The van der Waals surface area contributed by atoms with E-state index in [9.17, 15) is 9.59 Å². The molecule has 1 saturated carbocycles. The van der Waals surface area contributed by atoms with Gasteiger partial charge in [0.05, 0.1) is 6.10 Å². The molecule has 0 unspecified atom stereocenters. The van der Waals surface area contributed by atoms with Crippen molar-refractivity contribution in [2.45, 2.75) is 44.6 Å². The van der Waals surface area contributed by atoms with Crippen LogP contribution in [-0.4, -0.2) is 30.1 Å². The van der Waals surface area contributed by atoms with Crippen LogP contribution in [0.1, 0.15) is 48.9 Å². The van der Waals surface area contributed by atoms with Gasteiger partial charge in [0.1, 0.15) is 5.56 Å². The van der Waals surface area contributed by atoms with Gasteiger partial charge < -0.3 is 15.0 Å². The molecule has 2 N–H and O–H groups in total. The molecule has 1 fully saturated rings. The number of para-hydroxylation sites is 1. The van der Waals surface area contributed by atoms with Crippen molar-refractivity contribution >= 4 is 16.8 Å². The molecule has 1 aromatic carbocycles. The number of H-pyrrole nitrogens is 1. The largest absolute Gasteiger partial charge is 0.378 e. The zero-order valence-electron chi connectivity index (χ0n) is 13.8. The van der Waals surface area contributed by atoms with Gasteiger partial charge in [-0.3, -0.25) is 9.59 Å². The summed E-state index contributed by atoms with van der Waals surface area (Å²) < 4.78 is 5.83. The van der Waals surface area contributed by atoms with Gasteiger partial charge >= 0.3 is 0 Å². The lowest BCUT2D eigenvalue weighted by Gasteiger charge is -2.21. The Balaban J connectivity index is 1.48. The van der Waals surface area contributed by atoms with Gasteiger partial charge in [0, 0.05) is 18.7 Å². The molecule has 5 heteroatoms. The Morgan fingerprint density at radius 2 is 2.00 bits per heavy atom. The Labute approximate surface area is 141 Å². The third kappa shape index (κ3) is 4.23. The van der Waals surface area contributed by atoms with E-state index >= 15 is 0 Å². The van der Waals surface area contributed by atoms with Crippen molar-refractivity contribution in [3.63, 3.8) is 0 Å². The first kappa shape index (κ1) is 16.7. The van der Waals surface area contributed by atoms with Gasteiger partial charge in [0.15, 0.2) is 0 Å². The number of ether oxygens (including phenoxy) is 1. The van der Waals surface area contributed by atoms with E-state index in [1.54, 1.807) is 6.07 Å². The molecule has 128 valence electrons. The molecule has 1 amide bonds. The number of carbonyl (C=O) groups excluding carboxylic acids is 1. The predicted molar refractivity (Wildman–Crippen MR) is 94.3 cm³/mol. The van der Waals surface area contributed by atoms with Crippen molar-refractivity contribution in [1.82, 2.24) is 10.3 Å². The summed E-state index contributed by atoms with van der Waals surface area (Å²) >= 11 is 0. The van der Waals surface area contributed by atoms with E-state index in [1.165, 1.54) is 19.3 Å². The van der Waals surface area contributed by atoms with Crippen LogP contribution >= 0.6 is 0 Å². The number of pyridine rings is 1. The second kappa shape index (κ2) is 8.11. The predicted octanol–water partition coefficient (Wildman–Crippen LogP) is 3.00. The number of rotatable bonds is 6. The molecule has 0 saturated heterocycles. The molecule has 2 aromatic rings. The number of fused-ring (bicyclic) bond motifs is 1. The van der Waals surface area contributed by atoms with Crippen LogP contribution in [0.3, 0.4) is 0 Å². The van der Waals surface area contributed by atoms with E-state index in [1.807, 2.05) is 24.3 Å². The highest BCUT2D eigenvalue weighted by molar-refractivity contribution is 5.97. The number of aromatic amines is 1. The van der Waals surface area contributed by atoms with Crippen molar-refractivity contribution < 1.29 is 9.53 Å². The summed E-state index contributed by atoms with van der Waals surface area (Å²) in [5.41, 5.74) is 0.534. The molecular weight excluding hydrogens is 304 g/mol. The van der Waals surface area contributed by atoms with Crippen molar-refractivity contribution in [2.75, 3.05) is 13.2 Å². The van der Waals surface area contributed by atoms with Gasteiger partial charge in [0.2, 0.25) is 0 Å². The number of nitrogens with one attached hydrogen (secondary N) is 2. The minimum Gasteiger partial charge on any atom is -0.378 e. The molecule has 0 spiro atoms. The average Bonchev–Trinajstić information content (AvgIpc) is 2.61. The van der Waals surface area contributed by atoms with E-state index in [4.69, 9.17) is 4.74 Å². The SMILES string of the molecule is O=C(NCCCOC1CCCCC1)c1cc2ccccc2[nH]c1=O. The molecule has 24 heavy (non-hydrogen) atoms. The minimum atomic E-state index is -0.357. The minimum absolute atomic E-state index is 0.155. The molecule has 0 bridgehead atoms. The van der Waals surface area contributed by atoms with Crippen LogP contribution < -0.4 is 10.9 Å². The monoisotopic (exact) mass is 328 g/mol. The third-order valence-electron chi connectivity index (χ3n) is 4.51. The Morgan fingerprint density at radius 1 is 1.21 bits per heavy atom. The highest BCUT2D eigenvalue weighted by atomic mass is 16.5. The zero-order valence-corrected chi connectivity index (χ0v) is 13.8. The zero-order chi connectivity index (χ0) is 16.8. The lowest BCUT2D eigenvalue weighted by atomic mass is 9.98. The van der Waals surface area contributed by atoms with Crippen molar-refractivity contribution in [1.29, 1.82) is 0 Å². The maximum atomic E-state index is 12.2. The topological polar surface area (TPSA) is 71.2 Å². The fourth-order valence-electron chi connectivity index (χ4n) is 3.17. The van der Waals surface area contributed by atoms with Gasteiger partial charge in [-0.25, -0.2) is 0 Å². The number of amides is 1. The first-order valence-corrected chi connectivity index (χ1v) is 8.76. The third-order valence-corrected chi connectivity index (χ3v) is 4.51. The van der Waals surface area contributed by atoms with E-state index in [-0.39, 0.29) is 17.0 Å². The molecular formula is C19H24N2O3. The molecule has 3 rings (SSSR count). The Morgan fingerprint density at radius 3 is 2.83 bits per heavy atom. The summed E-state index contributed by atoms with van der Waals surface area (Å²) in [6.45, 7) is 1.16. The van der Waals surface area contributed by atoms with E-state index in [0.717, 1.165) is 30.2 Å². The van der Waals surface area contributed by atoms with E-state index < -0.39 is 0 Å². The average molecular weight is 328 g/mol. The highest BCUT2D eigenvalue weighted by Gasteiger charge is 2.14. The normalized spacial score (nSPS) is 15.5. The summed E-state index contributed by atoms with van der Waals surface area (Å²) in [4.78, 5) is 27.0. The highest BCUT2D eigenvalue weighted by Crippen LogP contribution is 2.20. The fraction of sp³-hybridized carbons (Fsp3) is 0.474. The second-order valence-corrected chi connectivity index (χ2v) is 6.34. The molecule has 0 aliphatic heterocycles. The number of hydrogen-bond donors (Lipinski definition) is 2. The molecule has 0 radical (unpaired) electrons. The summed E-state index contributed by atoms with van der Waals surface area (Å²) in [7, 11) is 0. The standard InChI is InChI=1S/C19H24N2O3/c22-18(20-11-6-12-24-15-8-2-1-3-9-15)16-13-14-7-4-5-10-17(14)21-19(16)23/h4-5,7,10,13,15H,1-3,6,8-9,11-12H2,(H,20,22)(H,21,23). The summed E-state index contributed by atoms with van der Waals surface area (Å²) in [6.07, 6.45) is 7.28. The van der Waals surface area contributed by atoms with Crippen molar-refractivity contribution in [2.24, 2.45) is 0 Å². The summed E-state index contributed by atoms with van der Waals surface area (Å²) in [5, 5.41) is 3.65. The maximum absolute atomic E-state index is 12.2. The number of hydrogen-bond acceptors (Lipinski definition) is 3. The first-order valence-electron chi connectivity index (χ1n) is 8.76. The number of carbonyl (C=O) groups is 1. The van der Waals surface area contributed by atoms with Crippen LogP contribution in [0.2, 0.25) is 0 Å². The molecule has 0 atom stereocenters. The molecule has 1 heterocycles. The van der Waals surface area contributed by atoms with Gasteiger partial charge in [-0.2, -0.15) is 0 Å². The quantitative estimate of drug-likeness (QED) is 0.801. The Kier molecular flexibility index (Phi) is 5.64. The van der Waals surface area contributed by atoms with Crippen molar-refractivity contribution in [3.05, 3.63) is 46.2 Å². The smallest absolute Gasteiger partial charge is 0.261 e. The lowest BCUT2D eigenvalue weighted by Crippen LogP contribution is -2.31. The molecule has 1 aliphatic rings. The molecule has 1 aromatic heterocycles. The fourth-order valence-corrected chi connectivity index (χ4v) is 3.17. The lowest BCUT2D eigenvalue weighted by molar-refractivity contribution is 0.0273. The van der Waals surface area contributed by atoms with Crippen LogP contribution in [0.5, 0.6) is 0 Å². The Hall–Kier alpha value is -2.14. The Bertz CT molecular complexity index is 748. The maximum Gasteiger partial charge on any atom is 0.261 e. The van der Waals surface area contributed by atoms with Crippen LogP contribution in [-0.2, 0) is 4.74 Å². The van der Waals surface area contributed by atoms with E-state index in [2.05, 4.69) is 10.3 Å². The van der Waals surface area contributed by atoms with Crippen LogP contribution in [0.4, 0.5) is 0 Å². The van der Waals surface area contributed by atoms with Gasteiger partial charge in [0.25, 0.3) is 11.5 Å². The second-order valence-electron chi connectivity index (χ2n) is 6.34. The van der Waals surface area contributed by atoms with Crippen LogP contribution in [0, 0.1) is 0 Å². The van der Waals surface area contributed by atoms with Gasteiger partial charge in [-0.1, -0.05) is 37.5 Å². The first-order chi connectivity index (χ1) is 11.7. The molecule has 1 aliphatic carbocycles. The number of benzene rings is 1.